The van der Waals surface area contributed by atoms with Crippen LogP contribution in [-0.4, -0.2) is 33.9 Å². The molecule has 0 amide bonds. The number of nitrogens with one attached hydrogen (secondary N) is 2. The Kier molecular flexibility index (Phi) is 2.73. The van der Waals surface area contributed by atoms with Crippen LogP contribution in [0.4, 0.5) is 0 Å². The van der Waals surface area contributed by atoms with E-state index in [1.807, 2.05) is 13.1 Å². The van der Waals surface area contributed by atoms with E-state index in [2.05, 4.69) is 15.5 Å². The average molecular weight is 209 g/mol. The molecule has 5 heteroatoms. The van der Waals surface area contributed by atoms with Crippen LogP contribution in [0.15, 0.2) is 6.20 Å². The van der Waals surface area contributed by atoms with Crippen molar-refractivity contribution >= 4 is 5.97 Å². The summed E-state index contributed by atoms with van der Waals surface area (Å²) in [6.07, 6.45) is 3.43. The molecule has 82 valence electrons. The van der Waals surface area contributed by atoms with Crippen LogP contribution in [0.2, 0.25) is 0 Å². The Morgan fingerprint density at radius 1 is 1.67 bits per heavy atom. The zero-order chi connectivity index (χ0) is 10.8. The summed E-state index contributed by atoms with van der Waals surface area (Å²) in [6.45, 7) is 2.73. The van der Waals surface area contributed by atoms with Gasteiger partial charge >= 0.3 is 5.97 Å². The molecule has 1 aromatic heterocycles. The lowest BCUT2D eigenvalue weighted by Gasteiger charge is -2.27. The zero-order valence-electron chi connectivity index (χ0n) is 8.66. The molecule has 2 rings (SSSR count). The molecule has 2 unspecified atom stereocenters. The summed E-state index contributed by atoms with van der Waals surface area (Å²) in [4.78, 5) is 10.9. The van der Waals surface area contributed by atoms with Gasteiger partial charge in [0.2, 0.25) is 0 Å². The van der Waals surface area contributed by atoms with Crippen LogP contribution in [0.1, 0.15) is 30.0 Å². The van der Waals surface area contributed by atoms with Crippen molar-refractivity contribution in [2.75, 3.05) is 6.54 Å². The van der Waals surface area contributed by atoms with Gasteiger partial charge in [0.15, 0.2) is 0 Å². The van der Waals surface area contributed by atoms with Crippen molar-refractivity contribution in [3.63, 3.8) is 0 Å². The van der Waals surface area contributed by atoms with Crippen LogP contribution < -0.4 is 5.32 Å². The highest BCUT2D eigenvalue weighted by Gasteiger charge is 2.28. The van der Waals surface area contributed by atoms with Gasteiger partial charge in [0.1, 0.15) is 6.04 Å². The van der Waals surface area contributed by atoms with E-state index in [0.29, 0.717) is 12.3 Å². The van der Waals surface area contributed by atoms with Gasteiger partial charge < -0.3 is 10.4 Å². The zero-order valence-corrected chi connectivity index (χ0v) is 8.66. The summed E-state index contributed by atoms with van der Waals surface area (Å²) in [5.74, 6) is -0.452. The third-order valence-corrected chi connectivity index (χ3v) is 3.01. The molecule has 5 nitrogen and oxygen atoms in total. The second-order valence-electron chi connectivity index (χ2n) is 4.02. The van der Waals surface area contributed by atoms with E-state index in [1.54, 1.807) is 0 Å². The molecular weight excluding hydrogens is 194 g/mol. The molecule has 15 heavy (non-hydrogen) atoms. The quantitative estimate of drug-likeness (QED) is 0.668. The third-order valence-electron chi connectivity index (χ3n) is 3.01. The normalized spacial score (nSPS) is 26.5. The Bertz CT molecular complexity index is 361. The van der Waals surface area contributed by atoms with Crippen LogP contribution in [0.3, 0.4) is 0 Å². The Morgan fingerprint density at radius 3 is 3.07 bits per heavy atom. The number of hydrogen-bond donors (Lipinski definition) is 3. The van der Waals surface area contributed by atoms with E-state index in [0.717, 1.165) is 24.2 Å². The number of H-pyrrole nitrogens is 1. The van der Waals surface area contributed by atoms with Gasteiger partial charge in [0, 0.05) is 5.69 Å². The number of piperidine rings is 1. The number of aromatic nitrogens is 2. The smallest absolute Gasteiger partial charge is 0.320 e. The number of carboxylic acids is 1. The van der Waals surface area contributed by atoms with Gasteiger partial charge in [-0.2, -0.15) is 5.10 Å². The Labute approximate surface area is 87.9 Å². The van der Waals surface area contributed by atoms with E-state index >= 15 is 0 Å². The number of nitrogens with zero attached hydrogens (tertiary/aromatic N) is 1. The average Bonchev–Trinajstić information content (AvgIpc) is 2.64. The minimum Gasteiger partial charge on any atom is -0.480 e. The van der Waals surface area contributed by atoms with Crippen molar-refractivity contribution in [3.8, 4) is 0 Å². The summed E-state index contributed by atoms with van der Waals surface area (Å²) < 4.78 is 0. The first-order valence-corrected chi connectivity index (χ1v) is 5.14. The van der Waals surface area contributed by atoms with E-state index in [4.69, 9.17) is 5.11 Å². The van der Waals surface area contributed by atoms with Crippen molar-refractivity contribution in [3.05, 3.63) is 17.5 Å². The van der Waals surface area contributed by atoms with Gasteiger partial charge in [0.25, 0.3) is 0 Å². The highest BCUT2D eigenvalue weighted by molar-refractivity contribution is 5.73. The second-order valence-corrected chi connectivity index (χ2v) is 4.02. The molecule has 3 N–H and O–H groups in total. The number of aromatic amines is 1. The number of carbonyl (C=O) groups is 1. The molecule has 1 saturated heterocycles. The van der Waals surface area contributed by atoms with Gasteiger partial charge in [-0.1, -0.05) is 0 Å². The molecule has 2 atom stereocenters. The predicted octanol–water partition coefficient (Wildman–Crippen LogP) is 0.638. The van der Waals surface area contributed by atoms with Gasteiger partial charge in [0.05, 0.1) is 6.20 Å². The van der Waals surface area contributed by atoms with E-state index in [1.165, 1.54) is 0 Å². The maximum atomic E-state index is 10.9. The van der Waals surface area contributed by atoms with E-state index < -0.39 is 12.0 Å². The number of hydrogen-bond acceptors (Lipinski definition) is 3. The van der Waals surface area contributed by atoms with Crippen LogP contribution in [-0.2, 0) is 4.79 Å². The highest BCUT2D eigenvalue weighted by atomic mass is 16.4. The van der Waals surface area contributed by atoms with E-state index in [-0.39, 0.29) is 0 Å². The molecule has 1 aliphatic heterocycles. The van der Waals surface area contributed by atoms with Crippen LogP contribution in [0.25, 0.3) is 0 Å². The van der Waals surface area contributed by atoms with Crippen molar-refractivity contribution in [2.24, 2.45) is 0 Å². The molecule has 0 saturated carbocycles. The molecule has 1 fully saturated rings. The standard InChI is InChI=1S/C10H15N3O2/c1-6-8(5-12-13-6)7-2-3-11-9(4-7)10(14)15/h5,7,9,11H,2-4H2,1H3,(H,12,13)(H,14,15). The monoisotopic (exact) mass is 209 g/mol. The SMILES string of the molecule is Cc1[nH]ncc1C1CCNC(C(=O)O)C1. The van der Waals surface area contributed by atoms with Gasteiger partial charge in [-0.15, -0.1) is 0 Å². The lowest BCUT2D eigenvalue weighted by molar-refractivity contribution is -0.140. The summed E-state index contributed by atoms with van der Waals surface area (Å²) in [5.41, 5.74) is 2.20. The van der Waals surface area contributed by atoms with Crippen molar-refractivity contribution in [2.45, 2.75) is 31.7 Å². The molecular formula is C10H15N3O2. The van der Waals surface area contributed by atoms with Crippen LogP contribution in [0, 0.1) is 6.92 Å². The fraction of sp³-hybridized carbons (Fsp3) is 0.600. The maximum absolute atomic E-state index is 10.9. The van der Waals surface area contributed by atoms with Crippen molar-refractivity contribution in [1.82, 2.24) is 15.5 Å². The fourth-order valence-electron chi connectivity index (χ4n) is 2.16. The molecule has 0 bridgehead atoms. The molecule has 0 radical (unpaired) electrons. The largest absolute Gasteiger partial charge is 0.480 e. The van der Waals surface area contributed by atoms with Gasteiger partial charge in [-0.05, 0) is 37.8 Å². The number of aryl methyl sites for hydroxylation is 1. The Morgan fingerprint density at radius 2 is 2.47 bits per heavy atom. The lowest BCUT2D eigenvalue weighted by Crippen LogP contribution is -2.42. The van der Waals surface area contributed by atoms with Crippen molar-refractivity contribution in [1.29, 1.82) is 0 Å². The molecule has 1 aromatic rings. The molecule has 1 aliphatic rings. The third kappa shape index (κ3) is 2.02. The van der Waals surface area contributed by atoms with Crippen molar-refractivity contribution < 1.29 is 9.90 Å². The van der Waals surface area contributed by atoms with Crippen LogP contribution >= 0.6 is 0 Å². The molecule has 0 aliphatic carbocycles. The molecule has 0 aromatic carbocycles. The van der Waals surface area contributed by atoms with Gasteiger partial charge in [-0.25, -0.2) is 0 Å². The van der Waals surface area contributed by atoms with Gasteiger partial charge in [-0.3, -0.25) is 9.89 Å². The lowest BCUT2D eigenvalue weighted by atomic mass is 9.87. The topological polar surface area (TPSA) is 78.0 Å². The Hall–Kier alpha value is -1.36. The Balaban J connectivity index is 2.11. The highest BCUT2D eigenvalue weighted by Crippen LogP contribution is 2.28. The summed E-state index contributed by atoms with van der Waals surface area (Å²) in [7, 11) is 0. The first-order valence-electron chi connectivity index (χ1n) is 5.14. The summed E-state index contributed by atoms with van der Waals surface area (Å²) in [5, 5.41) is 18.8. The molecule has 0 spiro atoms. The summed E-state index contributed by atoms with van der Waals surface area (Å²) >= 11 is 0. The first kappa shape index (κ1) is 10.2. The predicted molar refractivity (Wildman–Crippen MR) is 54.7 cm³/mol. The fourth-order valence-corrected chi connectivity index (χ4v) is 2.16. The number of rotatable bonds is 2. The molecule has 2 heterocycles. The minimum atomic E-state index is -0.763. The van der Waals surface area contributed by atoms with Crippen LogP contribution in [0.5, 0.6) is 0 Å². The minimum absolute atomic E-state index is 0.311. The second kappa shape index (κ2) is 4.02. The summed E-state index contributed by atoms with van der Waals surface area (Å²) in [6, 6.07) is -0.418. The van der Waals surface area contributed by atoms with E-state index in [9.17, 15) is 4.79 Å². The number of aliphatic carboxylic acids is 1. The number of carboxylic acid groups (broad SMARTS) is 1. The first-order chi connectivity index (χ1) is 7.18. The maximum Gasteiger partial charge on any atom is 0.320 e.